The van der Waals surface area contributed by atoms with Crippen LogP contribution in [-0.4, -0.2) is 42.3 Å². The molecule has 2 aliphatic heterocycles. The van der Waals surface area contributed by atoms with Gasteiger partial charge in [0.2, 0.25) is 10.0 Å². The number of ether oxygens (including phenoxy) is 2. The predicted octanol–water partition coefficient (Wildman–Crippen LogP) is 1.80. The van der Waals surface area contributed by atoms with Crippen LogP contribution < -0.4 is 18.5 Å². The number of nitrogens with one attached hydrogen (secondary N) is 1. The lowest BCUT2D eigenvalue weighted by atomic mass is 10.3. The van der Waals surface area contributed by atoms with Crippen LogP contribution >= 0.6 is 0 Å². The van der Waals surface area contributed by atoms with Crippen LogP contribution in [0.3, 0.4) is 0 Å². The fraction of sp³-hybridized carbons (Fsp3) is 0.294. The molecule has 0 aliphatic carbocycles. The summed E-state index contributed by atoms with van der Waals surface area (Å²) in [4.78, 5) is 0.0537. The number of anilines is 2. The number of fused-ring (bicyclic) bond motifs is 1. The highest BCUT2D eigenvalue weighted by molar-refractivity contribution is 7.93. The zero-order valence-electron chi connectivity index (χ0n) is 14.3. The lowest BCUT2D eigenvalue weighted by Crippen LogP contribution is -2.25. The maximum atomic E-state index is 12.6. The molecule has 1 fully saturated rings. The molecule has 2 aromatic rings. The van der Waals surface area contributed by atoms with Crippen LogP contribution in [0.1, 0.15) is 6.42 Å². The Kier molecular flexibility index (Phi) is 4.39. The van der Waals surface area contributed by atoms with E-state index in [1.165, 1.54) is 16.4 Å². The van der Waals surface area contributed by atoms with Gasteiger partial charge in [-0.2, -0.15) is 0 Å². The number of hydrogen-bond acceptors (Lipinski definition) is 6. The molecule has 0 amide bonds. The van der Waals surface area contributed by atoms with E-state index in [0.29, 0.717) is 49.1 Å². The fourth-order valence-electron chi connectivity index (χ4n) is 3.03. The van der Waals surface area contributed by atoms with E-state index in [0.717, 1.165) is 0 Å². The summed E-state index contributed by atoms with van der Waals surface area (Å²) in [6.07, 6.45) is 0.584. The third-order valence-corrected chi connectivity index (χ3v) is 7.58. The van der Waals surface area contributed by atoms with E-state index in [9.17, 15) is 16.8 Å². The molecule has 0 unspecified atom stereocenters. The van der Waals surface area contributed by atoms with Gasteiger partial charge < -0.3 is 9.47 Å². The van der Waals surface area contributed by atoms with Crippen LogP contribution in [-0.2, 0) is 20.0 Å². The maximum Gasteiger partial charge on any atom is 0.262 e. The molecule has 0 spiro atoms. The van der Waals surface area contributed by atoms with Gasteiger partial charge in [0.1, 0.15) is 13.2 Å². The van der Waals surface area contributed by atoms with E-state index in [1.807, 2.05) is 0 Å². The first kappa shape index (κ1) is 17.9. The molecule has 0 radical (unpaired) electrons. The number of rotatable bonds is 4. The number of nitrogens with zero attached hydrogens (tertiary/aromatic N) is 1. The second kappa shape index (κ2) is 6.61. The summed E-state index contributed by atoms with van der Waals surface area (Å²) in [6, 6.07) is 10.7. The fourth-order valence-corrected chi connectivity index (χ4v) is 5.67. The molecule has 0 aromatic heterocycles. The molecule has 27 heavy (non-hydrogen) atoms. The molecule has 144 valence electrons. The van der Waals surface area contributed by atoms with Gasteiger partial charge >= 0.3 is 0 Å². The second-order valence-corrected chi connectivity index (χ2v) is 9.89. The lowest BCUT2D eigenvalue weighted by Gasteiger charge is -2.19. The Hall–Kier alpha value is -2.46. The number of hydrogen-bond donors (Lipinski definition) is 1. The SMILES string of the molecule is O=S(=O)(Nc1ccc(N2CCCS2(=O)=O)cc1)c1ccc2c(c1)OCCO2. The van der Waals surface area contributed by atoms with Crippen LogP contribution in [0.4, 0.5) is 11.4 Å². The molecule has 4 rings (SSSR count). The van der Waals surface area contributed by atoms with Crippen molar-refractivity contribution in [3.63, 3.8) is 0 Å². The molecule has 2 aromatic carbocycles. The van der Waals surface area contributed by atoms with Crippen molar-refractivity contribution >= 4 is 31.4 Å². The Balaban J connectivity index is 1.55. The zero-order chi connectivity index (χ0) is 19.1. The molecule has 0 atom stereocenters. The maximum absolute atomic E-state index is 12.6. The van der Waals surface area contributed by atoms with Crippen molar-refractivity contribution < 1.29 is 26.3 Å². The van der Waals surface area contributed by atoms with E-state index in [2.05, 4.69) is 4.72 Å². The molecule has 8 nitrogen and oxygen atoms in total. The highest BCUT2D eigenvalue weighted by atomic mass is 32.2. The molecular formula is C17H18N2O6S2. The number of sulfonamides is 2. The van der Waals surface area contributed by atoms with E-state index >= 15 is 0 Å². The van der Waals surface area contributed by atoms with Crippen molar-refractivity contribution in [3.05, 3.63) is 42.5 Å². The molecule has 0 bridgehead atoms. The molecule has 1 N–H and O–H groups in total. The first-order valence-electron chi connectivity index (χ1n) is 8.38. The van der Waals surface area contributed by atoms with Gasteiger partial charge in [0, 0.05) is 18.3 Å². The Morgan fingerprint density at radius 3 is 2.33 bits per heavy atom. The second-order valence-electron chi connectivity index (χ2n) is 6.20. The van der Waals surface area contributed by atoms with Crippen LogP contribution in [0, 0.1) is 0 Å². The van der Waals surface area contributed by atoms with Crippen molar-refractivity contribution in [2.45, 2.75) is 11.3 Å². The summed E-state index contributed by atoms with van der Waals surface area (Å²) in [6.45, 7) is 1.23. The van der Waals surface area contributed by atoms with Crippen molar-refractivity contribution in [1.82, 2.24) is 0 Å². The average Bonchev–Trinajstić information content (AvgIpc) is 3.01. The van der Waals surface area contributed by atoms with Crippen LogP contribution in [0.15, 0.2) is 47.4 Å². The minimum Gasteiger partial charge on any atom is -0.486 e. The molecular weight excluding hydrogens is 392 g/mol. The standard InChI is InChI=1S/C17H18N2O6S2/c20-26(21)11-1-8-19(26)14-4-2-13(3-5-14)18-27(22,23)15-6-7-16-17(12-15)25-10-9-24-16/h2-7,12,18H,1,8-11H2. The molecule has 10 heteroatoms. The molecule has 0 saturated carbocycles. The van der Waals surface area contributed by atoms with E-state index in [-0.39, 0.29) is 10.6 Å². The smallest absolute Gasteiger partial charge is 0.262 e. The quantitative estimate of drug-likeness (QED) is 0.825. The summed E-state index contributed by atoms with van der Waals surface area (Å²) in [5, 5.41) is 0. The summed E-state index contributed by atoms with van der Waals surface area (Å²) < 4.78 is 63.8. The van der Waals surface area contributed by atoms with Crippen molar-refractivity contribution in [2.75, 3.05) is 34.5 Å². The first-order valence-corrected chi connectivity index (χ1v) is 11.5. The van der Waals surface area contributed by atoms with Crippen LogP contribution in [0.5, 0.6) is 11.5 Å². The van der Waals surface area contributed by atoms with Gasteiger partial charge in [0.15, 0.2) is 11.5 Å². The highest BCUT2D eigenvalue weighted by Gasteiger charge is 2.28. The van der Waals surface area contributed by atoms with Crippen molar-refractivity contribution in [3.8, 4) is 11.5 Å². The lowest BCUT2D eigenvalue weighted by molar-refractivity contribution is 0.171. The molecule has 2 aliphatic rings. The largest absolute Gasteiger partial charge is 0.486 e. The van der Waals surface area contributed by atoms with E-state index in [1.54, 1.807) is 30.3 Å². The molecule has 1 saturated heterocycles. The minimum atomic E-state index is -3.82. The van der Waals surface area contributed by atoms with E-state index < -0.39 is 20.0 Å². The minimum absolute atomic E-state index is 0.0537. The summed E-state index contributed by atoms with van der Waals surface area (Å²) in [5.41, 5.74) is 0.861. The summed E-state index contributed by atoms with van der Waals surface area (Å²) in [5.74, 6) is 1.03. The third kappa shape index (κ3) is 3.54. The van der Waals surface area contributed by atoms with Gasteiger partial charge in [-0.1, -0.05) is 0 Å². The Morgan fingerprint density at radius 2 is 1.67 bits per heavy atom. The van der Waals surface area contributed by atoms with Crippen LogP contribution in [0.2, 0.25) is 0 Å². The predicted molar refractivity (Wildman–Crippen MR) is 100 cm³/mol. The van der Waals surface area contributed by atoms with Gasteiger partial charge in [-0.25, -0.2) is 16.8 Å². The van der Waals surface area contributed by atoms with Crippen molar-refractivity contribution in [2.24, 2.45) is 0 Å². The average molecular weight is 410 g/mol. The summed E-state index contributed by atoms with van der Waals surface area (Å²) in [7, 11) is -7.09. The molecule has 2 heterocycles. The summed E-state index contributed by atoms with van der Waals surface area (Å²) >= 11 is 0. The Morgan fingerprint density at radius 1 is 0.963 bits per heavy atom. The highest BCUT2D eigenvalue weighted by Crippen LogP contribution is 2.33. The monoisotopic (exact) mass is 410 g/mol. The third-order valence-electron chi connectivity index (χ3n) is 4.33. The van der Waals surface area contributed by atoms with E-state index in [4.69, 9.17) is 9.47 Å². The van der Waals surface area contributed by atoms with Crippen molar-refractivity contribution in [1.29, 1.82) is 0 Å². The Bertz CT molecular complexity index is 1070. The normalized spacial score (nSPS) is 18.3. The van der Waals surface area contributed by atoms with Gasteiger partial charge in [-0.15, -0.1) is 0 Å². The topological polar surface area (TPSA) is 102 Å². The van der Waals surface area contributed by atoms with Gasteiger partial charge in [-0.3, -0.25) is 9.03 Å². The van der Waals surface area contributed by atoms with Gasteiger partial charge in [-0.05, 0) is 42.8 Å². The Labute approximate surface area is 157 Å². The number of benzene rings is 2. The van der Waals surface area contributed by atoms with Crippen LogP contribution in [0.25, 0.3) is 0 Å². The van der Waals surface area contributed by atoms with Gasteiger partial charge in [0.05, 0.1) is 16.3 Å². The zero-order valence-corrected chi connectivity index (χ0v) is 15.9. The van der Waals surface area contributed by atoms with Gasteiger partial charge in [0.25, 0.3) is 10.0 Å². The first-order chi connectivity index (χ1) is 12.9.